The molecular formula is C16H10NO3S2-. The zero-order valence-electron chi connectivity index (χ0n) is 11.3. The van der Waals surface area contributed by atoms with Crippen LogP contribution in [-0.2, 0) is 9.59 Å². The SMILES string of the molecule is O=C([O-])CN1C(=O)C(=Cc2cccc3ccccc23)SC1=S. The number of aliphatic carboxylic acids is 1. The maximum absolute atomic E-state index is 12.3. The molecule has 1 aliphatic rings. The van der Waals surface area contributed by atoms with Crippen LogP contribution >= 0.6 is 24.0 Å². The molecule has 1 amide bonds. The molecule has 1 fully saturated rings. The molecule has 0 aromatic heterocycles. The Labute approximate surface area is 136 Å². The zero-order chi connectivity index (χ0) is 15.7. The molecule has 4 nitrogen and oxygen atoms in total. The minimum absolute atomic E-state index is 0.237. The van der Waals surface area contributed by atoms with Crippen LogP contribution in [0, 0.1) is 0 Å². The highest BCUT2D eigenvalue weighted by Crippen LogP contribution is 2.33. The van der Waals surface area contributed by atoms with Gasteiger partial charge in [-0.1, -0.05) is 66.4 Å². The van der Waals surface area contributed by atoms with Crippen LogP contribution in [0.4, 0.5) is 0 Å². The topological polar surface area (TPSA) is 60.4 Å². The molecular weight excluding hydrogens is 318 g/mol. The van der Waals surface area contributed by atoms with Gasteiger partial charge < -0.3 is 9.90 Å². The summed E-state index contributed by atoms with van der Waals surface area (Å²) < 4.78 is 0.237. The predicted octanol–water partition coefficient (Wildman–Crippen LogP) is 1.79. The first-order valence-corrected chi connectivity index (χ1v) is 7.72. The lowest BCUT2D eigenvalue weighted by Crippen LogP contribution is -2.40. The summed E-state index contributed by atoms with van der Waals surface area (Å²) in [7, 11) is 0. The summed E-state index contributed by atoms with van der Waals surface area (Å²) in [5, 5.41) is 12.8. The summed E-state index contributed by atoms with van der Waals surface area (Å²) in [5.41, 5.74) is 0.895. The fourth-order valence-corrected chi connectivity index (χ4v) is 3.53. The molecule has 1 saturated heterocycles. The van der Waals surface area contributed by atoms with E-state index in [-0.39, 0.29) is 4.32 Å². The average molecular weight is 328 g/mol. The number of fused-ring (bicyclic) bond motifs is 1. The molecule has 0 atom stereocenters. The van der Waals surface area contributed by atoms with Crippen LogP contribution in [0.25, 0.3) is 16.8 Å². The number of thiocarbonyl (C=S) groups is 1. The van der Waals surface area contributed by atoms with Gasteiger partial charge in [0.15, 0.2) is 0 Å². The lowest BCUT2D eigenvalue weighted by molar-refractivity contribution is -0.305. The van der Waals surface area contributed by atoms with Crippen LogP contribution in [0.5, 0.6) is 0 Å². The van der Waals surface area contributed by atoms with E-state index in [4.69, 9.17) is 12.2 Å². The molecule has 22 heavy (non-hydrogen) atoms. The van der Waals surface area contributed by atoms with E-state index in [1.54, 1.807) is 6.08 Å². The molecule has 0 saturated carbocycles. The van der Waals surface area contributed by atoms with Crippen molar-refractivity contribution in [3.05, 3.63) is 52.9 Å². The van der Waals surface area contributed by atoms with Crippen molar-refractivity contribution < 1.29 is 14.7 Å². The number of carbonyl (C=O) groups is 2. The number of hydrogen-bond donors (Lipinski definition) is 0. The molecule has 2 aromatic carbocycles. The van der Waals surface area contributed by atoms with E-state index in [0.717, 1.165) is 33.0 Å². The van der Waals surface area contributed by atoms with Gasteiger partial charge in [-0.3, -0.25) is 9.69 Å². The second kappa shape index (κ2) is 5.90. The summed E-state index contributed by atoms with van der Waals surface area (Å²) in [6, 6.07) is 13.7. The minimum Gasteiger partial charge on any atom is -0.548 e. The number of carbonyl (C=O) groups excluding carboxylic acids is 2. The fourth-order valence-electron chi connectivity index (χ4n) is 2.28. The van der Waals surface area contributed by atoms with Gasteiger partial charge in [-0.15, -0.1) is 0 Å². The van der Waals surface area contributed by atoms with E-state index in [0.29, 0.717) is 4.91 Å². The minimum atomic E-state index is -1.33. The van der Waals surface area contributed by atoms with Crippen molar-refractivity contribution in [1.82, 2.24) is 4.90 Å². The summed E-state index contributed by atoms with van der Waals surface area (Å²) >= 11 is 6.17. The number of carboxylic acids is 1. The molecule has 6 heteroatoms. The van der Waals surface area contributed by atoms with Gasteiger partial charge in [0.1, 0.15) is 4.32 Å². The molecule has 0 radical (unpaired) electrons. The predicted molar refractivity (Wildman–Crippen MR) is 88.8 cm³/mol. The molecule has 2 aromatic rings. The smallest absolute Gasteiger partial charge is 0.266 e. The quantitative estimate of drug-likeness (QED) is 0.635. The number of amides is 1. The number of thioether (sulfide) groups is 1. The first-order chi connectivity index (χ1) is 10.6. The van der Waals surface area contributed by atoms with Crippen molar-refractivity contribution in [3.8, 4) is 0 Å². The number of benzene rings is 2. The third kappa shape index (κ3) is 2.75. The van der Waals surface area contributed by atoms with E-state index >= 15 is 0 Å². The highest BCUT2D eigenvalue weighted by atomic mass is 32.2. The van der Waals surface area contributed by atoms with Crippen LogP contribution < -0.4 is 5.11 Å². The highest BCUT2D eigenvalue weighted by Gasteiger charge is 2.31. The molecule has 0 aliphatic carbocycles. The van der Waals surface area contributed by atoms with Crippen molar-refractivity contribution in [3.63, 3.8) is 0 Å². The van der Waals surface area contributed by atoms with E-state index in [1.165, 1.54) is 0 Å². The van der Waals surface area contributed by atoms with Crippen molar-refractivity contribution in [1.29, 1.82) is 0 Å². The Bertz CT molecular complexity index is 824. The van der Waals surface area contributed by atoms with Crippen molar-refractivity contribution in [2.45, 2.75) is 0 Å². The molecule has 0 N–H and O–H groups in total. The molecule has 1 aliphatic heterocycles. The number of hydrogen-bond acceptors (Lipinski definition) is 5. The van der Waals surface area contributed by atoms with Gasteiger partial charge in [-0.2, -0.15) is 0 Å². The Balaban J connectivity index is 2.00. The number of carboxylic acid groups (broad SMARTS) is 1. The third-order valence-corrected chi connectivity index (χ3v) is 4.65. The zero-order valence-corrected chi connectivity index (χ0v) is 12.9. The van der Waals surface area contributed by atoms with Gasteiger partial charge in [-0.05, 0) is 22.4 Å². The first-order valence-electron chi connectivity index (χ1n) is 6.49. The Morgan fingerprint density at radius 3 is 2.73 bits per heavy atom. The van der Waals surface area contributed by atoms with Gasteiger partial charge in [0, 0.05) is 0 Å². The normalized spacial score (nSPS) is 16.7. The van der Waals surface area contributed by atoms with Crippen molar-refractivity contribution >= 4 is 57.0 Å². The van der Waals surface area contributed by atoms with Gasteiger partial charge in [0.2, 0.25) is 0 Å². The van der Waals surface area contributed by atoms with Crippen molar-refractivity contribution in [2.24, 2.45) is 0 Å². The number of nitrogens with zero attached hydrogens (tertiary/aromatic N) is 1. The standard InChI is InChI=1S/C16H11NO3S2/c18-14(19)9-17-15(20)13(22-16(17)21)8-11-6-3-5-10-4-1-2-7-12(10)11/h1-8H,9H2,(H,18,19)/p-1. The van der Waals surface area contributed by atoms with Gasteiger partial charge >= 0.3 is 0 Å². The Kier molecular flexibility index (Phi) is 3.96. The lowest BCUT2D eigenvalue weighted by atomic mass is 10.0. The molecule has 110 valence electrons. The average Bonchev–Trinajstić information content (AvgIpc) is 2.75. The largest absolute Gasteiger partial charge is 0.548 e. The maximum Gasteiger partial charge on any atom is 0.266 e. The van der Waals surface area contributed by atoms with Crippen LogP contribution in [0.3, 0.4) is 0 Å². The van der Waals surface area contributed by atoms with Crippen LogP contribution in [-0.4, -0.2) is 27.6 Å². The first kappa shape index (κ1) is 14.7. The molecule has 0 unspecified atom stereocenters. The lowest BCUT2D eigenvalue weighted by Gasteiger charge is -2.14. The molecule has 3 rings (SSSR count). The Morgan fingerprint density at radius 1 is 1.23 bits per heavy atom. The van der Waals surface area contributed by atoms with Crippen LogP contribution in [0.2, 0.25) is 0 Å². The number of rotatable bonds is 3. The van der Waals surface area contributed by atoms with Gasteiger partial charge in [0.05, 0.1) is 17.4 Å². The van der Waals surface area contributed by atoms with E-state index < -0.39 is 18.4 Å². The summed E-state index contributed by atoms with van der Waals surface area (Å²) in [4.78, 5) is 24.4. The second-order valence-electron chi connectivity index (χ2n) is 4.71. The summed E-state index contributed by atoms with van der Waals surface area (Å²) in [6.45, 7) is -0.516. The highest BCUT2D eigenvalue weighted by molar-refractivity contribution is 8.26. The van der Waals surface area contributed by atoms with E-state index in [1.807, 2.05) is 42.5 Å². The third-order valence-electron chi connectivity index (χ3n) is 3.27. The van der Waals surface area contributed by atoms with Crippen LogP contribution in [0.1, 0.15) is 5.56 Å². The maximum atomic E-state index is 12.3. The van der Waals surface area contributed by atoms with E-state index in [9.17, 15) is 14.7 Å². The van der Waals surface area contributed by atoms with E-state index in [2.05, 4.69) is 0 Å². The Morgan fingerprint density at radius 2 is 1.95 bits per heavy atom. The van der Waals surface area contributed by atoms with Gasteiger partial charge in [0.25, 0.3) is 5.91 Å². The molecule has 1 heterocycles. The van der Waals surface area contributed by atoms with Gasteiger partial charge in [-0.25, -0.2) is 0 Å². The second-order valence-corrected chi connectivity index (χ2v) is 6.38. The van der Waals surface area contributed by atoms with Crippen LogP contribution in [0.15, 0.2) is 47.4 Å². The fraction of sp³-hybridized carbons (Fsp3) is 0.0625. The van der Waals surface area contributed by atoms with Crippen molar-refractivity contribution in [2.75, 3.05) is 6.54 Å². The summed E-state index contributed by atoms with van der Waals surface area (Å²) in [5.74, 6) is -1.73. The summed E-state index contributed by atoms with van der Waals surface area (Å²) in [6.07, 6.45) is 1.75. The monoisotopic (exact) mass is 328 g/mol. The molecule has 0 bridgehead atoms. The Hall–Kier alpha value is -2.18. The molecule has 0 spiro atoms.